The van der Waals surface area contributed by atoms with Gasteiger partial charge in [-0.25, -0.2) is 4.57 Å². The third-order valence-corrected chi connectivity index (χ3v) is 8.10. The molecular formula is C38H53IN2O4. The molecule has 6 nitrogen and oxygen atoms in total. The van der Waals surface area contributed by atoms with Gasteiger partial charge < -0.3 is 33.5 Å². The highest BCUT2D eigenvalue weighted by molar-refractivity contribution is 6.11. The van der Waals surface area contributed by atoms with Crippen molar-refractivity contribution in [3.8, 4) is 11.5 Å². The molecule has 0 N–H and O–H groups in total. The first-order valence-corrected chi connectivity index (χ1v) is 16.4. The van der Waals surface area contributed by atoms with Crippen LogP contribution in [0.3, 0.4) is 0 Å². The summed E-state index contributed by atoms with van der Waals surface area (Å²) in [6.07, 6.45) is 14.7. The number of ether oxygens (including phenoxy) is 2. The average Bonchev–Trinajstić information content (AvgIpc) is 3.02. The Bertz CT molecular complexity index is 1350. The molecule has 0 fully saturated rings. The van der Waals surface area contributed by atoms with Crippen LogP contribution >= 0.6 is 0 Å². The summed E-state index contributed by atoms with van der Waals surface area (Å²) in [4.78, 5) is 29.4. The molecule has 2 amide bonds. The van der Waals surface area contributed by atoms with Crippen molar-refractivity contribution in [1.82, 2.24) is 4.90 Å². The van der Waals surface area contributed by atoms with Crippen molar-refractivity contribution in [3.63, 3.8) is 0 Å². The SMILES string of the molecule is CCCCCCCCCCCCOc1ccc(C(=O)N(Cc2cccc[n+]2C)C(=O)c2ccccc2OC)cc1C(C)(C)C.[I-]. The fraction of sp³-hybridized carbons (Fsp3) is 0.500. The zero-order chi connectivity index (χ0) is 32.0. The van der Waals surface area contributed by atoms with Crippen LogP contribution in [0.1, 0.15) is 124 Å². The van der Waals surface area contributed by atoms with Crippen molar-refractivity contribution in [2.24, 2.45) is 7.05 Å². The minimum absolute atomic E-state index is 0. The van der Waals surface area contributed by atoms with E-state index in [-0.39, 0.29) is 41.8 Å². The summed E-state index contributed by atoms with van der Waals surface area (Å²) in [6, 6.07) is 18.3. The number of carbonyl (C=O) groups excluding carboxylic acids is 2. The number of carbonyl (C=O) groups is 2. The van der Waals surface area contributed by atoms with Gasteiger partial charge in [-0.1, -0.05) is 104 Å². The fourth-order valence-electron chi connectivity index (χ4n) is 5.39. The summed E-state index contributed by atoms with van der Waals surface area (Å²) in [5, 5.41) is 0. The normalized spacial score (nSPS) is 11.1. The number of rotatable bonds is 17. The van der Waals surface area contributed by atoms with E-state index >= 15 is 0 Å². The molecule has 0 aliphatic heterocycles. The van der Waals surface area contributed by atoms with E-state index < -0.39 is 5.91 Å². The third-order valence-electron chi connectivity index (χ3n) is 8.10. The highest BCUT2D eigenvalue weighted by Gasteiger charge is 2.30. The smallest absolute Gasteiger partial charge is 0.265 e. The third kappa shape index (κ3) is 11.7. The Labute approximate surface area is 288 Å². The van der Waals surface area contributed by atoms with Crippen molar-refractivity contribution >= 4 is 11.8 Å². The van der Waals surface area contributed by atoms with Gasteiger partial charge in [0.1, 0.15) is 25.1 Å². The molecule has 0 radical (unpaired) electrons. The maximum Gasteiger partial charge on any atom is 0.265 e. The number of hydrogen-bond donors (Lipinski definition) is 0. The van der Waals surface area contributed by atoms with Crippen LogP contribution in [0.25, 0.3) is 0 Å². The number of para-hydroxylation sites is 1. The molecule has 0 aliphatic rings. The maximum atomic E-state index is 14.1. The van der Waals surface area contributed by atoms with Crippen molar-refractivity contribution in [2.75, 3.05) is 13.7 Å². The van der Waals surface area contributed by atoms with Gasteiger partial charge in [-0.05, 0) is 42.2 Å². The number of hydrogen-bond acceptors (Lipinski definition) is 4. The second-order valence-corrected chi connectivity index (χ2v) is 12.7. The quantitative estimate of drug-likeness (QED) is 0.0787. The second kappa shape index (κ2) is 19.5. The van der Waals surface area contributed by atoms with E-state index in [9.17, 15) is 9.59 Å². The van der Waals surface area contributed by atoms with E-state index in [2.05, 4.69) is 27.7 Å². The fourth-order valence-corrected chi connectivity index (χ4v) is 5.39. The van der Waals surface area contributed by atoms with Gasteiger partial charge in [-0.2, -0.15) is 0 Å². The van der Waals surface area contributed by atoms with Gasteiger partial charge in [-0.3, -0.25) is 14.5 Å². The maximum absolute atomic E-state index is 14.1. The Kier molecular flexibility index (Phi) is 16.6. The van der Waals surface area contributed by atoms with E-state index in [0.29, 0.717) is 23.5 Å². The molecular weight excluding hydrogens is 675 g/mol. The standard InChI is InChI=1S/C38H53N2O4.HI/c1-7-8-9-10-11-12-13-14-15-20-27-44-35-25-24-30(28-33(35)38(2,3)4)36(41)40(29-31-21-18-19-26-39(31)5)37(42)32-22-16-17-23-34(32)43-6;/h16-19,21-26,28H,7-15,20,27,29H2,1-6H3;1H/q+1;/p-1. The van der Waals surface area contributed by atoms with Gasteiger partial charge >= 0.3 is 0 Å². The van der Waals surface area contributed by atoms with Crippen LogP contribution in [0.5, 0.6) is 11.5 Å². The zero-order valence-electron chi connectivity index (χ0n) is 28.2. The molecule has 0 bridgehead atoms. The Morgan fingerprint density at radius 3 is 2.02 bits per heavy atom. The van der Waals surface area contributed by atoms with E-state index in [4.69, 9.17) is 9.47 Å². The summed E-state index contributed by atoms with van der Waals surface area (Å²) in [6.45, 7) is 9.38. The van der Waals surface area contributed by atoms with Gasteiger partial charge in [0.05, 0.1) is 19.3 Å². The number of benzene rings is 2. The summed E-state index contributed by atoms with van der Waals surface area (Å²) in [7, 11) is 3.43. The number of halogens is 1. The molecule has 7 heteroatoms. The van der Waals surface area contributed by atoms with E-state index in [0.717, 1.165) is 29.8 Å². The van der Waals surface area contributed by atoms with Gasteiger partial charge in [0, 0.05) is 23.3 Å². The zero-order valence-corrected chi connectivity index (χ0v) is 30.4. The number of nitrogens with zero attached hydrogens (tertiary/aromatic N) is 2. The molecule has 3 rings (SSSR count). The highest BCUT2D eigenvalue weighted by Crippen LogP contribution is 2.33. The van der Waals surface area contributed by atoms with Crippen LogP contribution in [0.4, 0.5) is 0 Å². The van der Waals surface area contributed by atoms with E-state index in [1.807, 2.05) is 54.2 Å². The minimum atomic E-state index is -0.408. The Balaban J connectivity index is 0.00000705. The number of unbranched alkanes of at least 4 members (excludes halogenated alkanes) is 9. The highest BCUT2D eigenvalue weighted by atomic mass is 127. The molecule has 2 aromatic carbocycles. The molecule has 246 valence electrons. The molecule has 0 spiro atoms. The Morgan fingerprint density at radius 1 is 0.778 bits per heavy atom. The summed E-state index contributed by atoms with van der Waals surface area (Å²) < 4.78 is 13.7. The van der Waals surface area contributed by atoms with Gasteiger partial charge in [-0.15, -0.1) is 0 Å². The van der Waals surface area contributed by atoms with Crippen molar-refractivity contribution in [1.29, 1.82) is 0 Å². The van der Waals surface area contributed by atoms with Crippen LogP contribution in [0, 0.1) is 0 Å². The molecule has 1 aromatic heterocycles. The number of pyridine rings is 1. The van der Waals surface area contributed by atoms with E-state index in [1.54, 1.807) is 24.3 Å². The number of aryl methyl sites for hydroxylation is 1. The summed E-state index contributed by atoms with van der Waals surface area (Å²) >= 11 is 0. The number of methoxy groups -OCH3 is 1. The van der Waals surface area contributed by atoms with Crippen LogP contribution < -0.4 is 38.0 Å². The number of aromatic nitrogens is 1. The molecule has 45 heavy (non-hydrogen) atoms. The Morgan fingerprint density at radius 2 is 1.40 bits per heavy atom. The van der Waals surface area contributed by atoms with Crippen LogP contribution in [0.2, 0.25) is 0 Å². The second-order valence-electron chi connectivity index (χ2n) is 12.7. The number of imide groups is 1. The lowest BCUT2D eigenvalue weighted by atomic mass is 9.85. The van der Waals surface area contributed by atoms with Crippen molar-refractivity contribution < 1.29 is 47.6 Å². The van der Waals surface area contributed by atoms with Gasteiger partial charge in [0.25, 0.3) is 11.8 Å². The molecule has 0 unspecified atom stereocenters. The summed E-state index contributed by atoms with van der Waals surface area (Å²) in [5.41, 5.74) is 2.31. The van der Waals surface area contributed by atoms with Crippen molar-refractivity contribution in [2.45, 2.75) is 104 Å². The van der Waals surface area contributed by atoms with Crippen LogP contribution in [0.15, 0.2) is 66.9 Å². The van der Waals surface area contributed by atoms with Gasteiger partial charge in [0.15, 0.2) is 6.20 Å². The minimum Gasteiger partial charge on any atom is -1.00 e. The van der Waals surface area contributed by atoms with Crippen LogP contribution in [-0.2, 0) is 19.0 Å². The van der Waals surface area contributed by atoms with Crippen LogP contribution in [-0.4, -0.2) is 30.4 Å². The monoisotopic (exact) mass is 728 g/mol. The Hall–Kier alpha value is -2.94. The molecule has 3 aromatic rings. The predicted octanol–water partition coefficient (Wildman–Crippen LogP) is 5.60. The molecule has 0 saturated carbocycles. The average molecular weight is 729 g/mol. The topological polar surface area (TPSA) is 59.7 Å². The van der Waals surface area contributed by atoms with E-state index in [1.165, 1.54) is 63.4 Å². The van der Waals surface area contributed by atoms with Gasteiger partial charge in [0.2, 0.25) is 5.69 Å². The lowest BCUT2D eigenvalue weighted by Gasteiger charge is -2.25. The first-order valence-electron chi connectivity index (χ1n) is 16.4. The lowest BCUT2D eigenvalue weighted by Crippen LogP contribution is -3.00. The first-order chi connectivity index (χ1) is 21.2. The molecule has 0 atom stereocenters. The molecule has 0 saturated heterocycles. The summed E-state index contributed by atoms with van der Waals surface area (Å²) in [5.74, 6) is 0.451. The number of amides is 2. The predicted molar refractivity (Wildman–Crippen MR) is 177 cm³/mol. The lowest BCUT2D eigenvalue weighted by molar-refractivity contribution is -0.679. The largest absolute Gasteiger partial charge is 1.00 e. The molecule has 0 aliphatic carbocycles. The molecule has 1 heterocycles. The first kappa shape index (κ1) is 38.2. The van der Waals surface area contributed by atoms with Crippen molar-refractivity contribution in [3.05, 3.63) is 89.2 Å².